The summed E-state index contributed by atoms with van der Waals surface area (Å²) in [6, 6.07) is 6.22. The van der Waals surface area contributed by atoms with Gasteiger partial charge in [-0.3, -0.25) is 9.98 Å². The van der Waals surface area contributed by atoms with E-state index in [4.69, 9.17) is 0 Å². The smallest absolute Gasteiger partial charge is 0.157 e. The Labute approximate surface area is 120 Å². The van der Waals surface area contributed by atoms with Crippen LogP contribution in [0.2, 0.25) is 0 Å². The highest BCUT2D eigenvalue weighted by Gasteiger charge is 2.25. The van der Waals surface area contributed by atoms with Crippen LogP contribution in [-0.4, -0.2) is 21.9 Å². The summed E-state index contributed by atoms with van der Waals surface area (Å²) < 4.78 is 0. The fraction of sp³-hybridized carbons (Fsp3) is 0.600. The van der Waals surface area contributed by atoms with Crippen molar-refractivity contribution in [2.24, 2.45) is 10.4 Å². The number of pyridine rings is 1. The molecular formula is C15H23N3S. The van der Waals surface area contributed by atoms with Crippen molar-refractivity contribution >= 4 is 16.9 Å². The number of amidine groups is 1. The zero-order valence-corrected chi connectivity index (χ0v) is 13.0. The molecule has 1 N–H and O–H groups in total. The standard InChI is InChI=1S/C15H23N3S/c1-11(13-7-5-6-8-16-13)18-14-17-10-12(19-14)9-15(2,3)4/h5-8,11-12H,9-10H2,1-4H3,(H,17,18). The Morgan fingerprint density at radius 3 is 2.84 bits per heavy atom. The molecule has 0 spiro atoms. The molecule has 0 radical (unpaired) electrons. The molecule has 0 saturated carbocycles. The van der Waals surface area contributed by atoms with E-state index < -0.39 is 0 Å². The maximum Gasteiger partial charge on any atom is 0.157 e. The Kier molecular flexibility index (Phi) is 4.50. The molecule has 0 amide bonds. The first-order valence-corrected chi connectivity index (χ1v) is 7.70. The fourth-order valence-corrected chi connectivity index (χ4v) is 3.62. The average Bonchev–Trinajstić information content (AvgIpc) is 2.75. The number of hydrogen-bond acceptors (Lipinski definition) is 4. The van der Waals surface area contributed by atoms with Gasteiger partial charge in [-0.05, 0) is 30.9 Å². The van der Waals surface area contributed by atoms with Gasteiger partial charge in [0.15, 0.2) is 5.17 Å². The van der Waals surface area contributed by atoms with E-state index >= 15 is 0 Å². The van der Waals surface area contributed by atoms with Gasteiger partial charge in [-0.15, -0.1) is 0 Å². The normalized spacial score (nSPS) is 21.1. The molecule has 4 heteroatoms. The van der Waals surface area contributed by atoms with Crippen molar-refractivity contribution in [3.05, 3.63) is 30.1 Å². The maximum atomic E-state index is 4.61. The highest BCUT2D eigenvalue weighted by Crippen LogP contribution is 2.32. The largest absolute Gasteiger partial charge is 0.357 e. The third kappa shape index (κ3) is 4.53. The molecule has 1 aromatic heterocycles. The lowest BCUT2D eigenvalue weighted by Crippen LogP contribution is -2.24. The van der Waals surface area contributed by atoms with Crippen LogP contribution in [0.15, 0.2) is 29.4 Å². The summed E-state index contributed by atoms with van der Waals surface area (Å²) in [6.07, 6.45) is 3.03. The van der Waals surface area contributed by atoms with Crippen molar-refractivity contribution in [1.29, 1.82) is 0 Å². The monoisotopic (exact) mass is 277 g/mol. The lowest BCUT2D eigenvalue weighted by Gasteiger charge is -2.22. The second kappa shape index (κ2) is 5.95. The lowest BCUT2D eigenvalue weighted by molar-refractivity contribution is 0.375. The predicted molar refractivity (Wildman–Crippen MR) is 83.5 cm³/mol. The van der Waals surface area contributed by atoms with E-state index in [1.165, 1.54) is 6.42 Å². The summed E-state index contributed by atoms with van der Waals surface area (Å²) >= 11 is 1.87. The summed E-state index contributed by atoms with van der Waals surface area (Å²) in [4.78, 5) is 8.98. The molecular weight excluding hydrogens is 254 g/mol. The van der Waals surface area contributed by atoms with E-state index in [9.17, 15) is 0 Å². The van der Waals surface area contributed by atoms with Gasteiger partial charge in [-0.2, -0.15) is 0 Å². The van der Waals surface area contributed by atoms with Crippen molar-refractivity contribution in [2.75, 3.05) is 6.54 Å². The highest BCUT2D eigenvalue weighted by molar-refractivity contribution is 8.14. The second-order valence-electron chi connectivity index (χ2n) is 6.27. The molecule has 1 aromatic rings. The molecule has 1 aliphatic heterocycles. The Balaban J connectivity index is 1.85. The molecule has 3 nitrogen and oxygen atoms in total. The van der Waals surface area contributed by atoms with E-state index in [1.54, 1.807) is 0 Å². The average molecular weight is 277 g/mol. The van der Waals surface area contributed by atoms with Crippen LogP contribution in [0.5, 0.6) is 0 Å². The number of nitrogens with zero attached hydrogens (tertiary/aromatic N) is 2. The SMILES string of the molecule is CC(NC1=NCC(CC(C)(C)C)S1)c1ccccn1. The van der Waals surface area contributed by atoms with E-state index in [1.807, 2.05) is 36.2 Å². The highest BCUT2D eigenvalue weighted by atomic mass is 32.2. The molecule has 0 aromatic carbocycles. The quantitative estimate of drug-likeness (QED) is 0.916. The van der Waals surface area contributed by atoms with Gasteiger partial charge in [0.05, 0.1) is 18.3 Å². The van der Waals surface area contributed by atoms with Crippen LogP contribution in [0.1, 0.15) is 45.9 Å². The maximum absolute atomic E-state index is 4.61. The van der Waals surface area contributed by atoms with Crippen LogP contribution in [-0.2, 0) is 0 Å². The van der Waals surface area contributed by atoms with Crippen molar-refractivity contribution < 1.29 is 0 Å². The molecule has 2 heterocycles. The van der Waals surface area contributed by atoms with Gasteiger partial charge in [0, 0.05) is 11.4 Å². The van der Waals surface area contributed by atoms with Crippen LogP contribution >= 0.6 is 11.8 Å². The van der Waals surface area contributed by atoms with Crippen molar-refractivity contribution in [1.82, 2.24) is 10.3 Å². The lowest BCUT2D eigenvalue weighted by atomic mass is 9.90. The number of aromatic nitrogens is 1. The molecule has 0 saturated heterocycles. The number of thioether (sulfide) groups is 1. The van der Waals surface area contributed by atoms with E-state index in [0.29, 0.717) is 10.7 Å². The van der Waals surface area contributed by atoms with Crippen LogP contribution < -0.4 is 5.32 Å². The summed E-state index contributed by atoms with van der Waals surface area (Å²) in [5.41, 5.74) is 1.43. The molecule has 1 aliphatic rings. The fourth-order valence-electron chi connectivity index (χ4n) is 2.18. The molecule has 2 atom stereocenters. The number of nitrogens with one attached hydrogen (secondary N) is 1. The Bertz CT molecular complexity index is 436. The second-order valence-corrected chi connectivity index (χ2v) is 7.56. The van der Waals surface area contributed by atoms with Crippen LogP contribution in [0.25, 0.3) is 0 Å². The van der Waals surface area contributed by atoms with Gasteiger partial charge < -0.3 is 5.32 Å². The third-order valence-electron chi connectivity index (χ3n) is 3.03. The first kappa shape index (κ1) is 14.4. The Morgan fingerprint density at radius 2 is 2.21 bits per heavy atom. The van der Waals surface area contributed by atoms with Gasteiger partial charge in [0.2, 0.25) is 0 Å². The van der Waals surface area contributed by atoms with Gasteiger partial charge >= 0.3 is 0 Å². The number of aliphatic imine (C=N–C) groups is 1. The topological polar surface area (TPSA) is 37.3 Å². The summed E-state index contributed by atoms with van der Waals surface area (Å²) in [5, 5.41) is 5.13. The van der Waals surface area contributed by atoms with E-state index in [0.717, 1.165) is 17.4 Å². The van der Waals surface area contributed by atoms with Gasteiger partial charge in [0.1, 0.15) is 0 Å². The molecule has 0 aliphatic carbocycles. The molecule has 19 heavy (non-hydrogen) atoms. The summed E-state index contributed by atoms with van der Waals surface area (Å²) in [7, 11) is 0. The molecule has 104 valence electrons. The Hall–Kier alpha value is -1.03. The van der Waals surface area contributed by atoms with Crippen molar-refractivity contribution in [3.8, 4) is 0 Å². The first-order valence-electron chi connectivity index (χ1n) is 6.82. The van der Waals surface area contributed by atoms with Gasteiger partial charge in [-0.25, -0.2) is 0 Å². The van der Waals surface area contributed by atoms with Gasteiger partial charge in [0.25, 0.3) is 0 Å². The van der Waals surface area contributed by atoms with Gasteiger partial charge in [-0.1, -0.05) is 38.6 Å². The molecule has 2 rings (SSSR count). The zero-order chi connectivity index (χ0) is 13.9. The summed E-state index contributed by atoms with van der Waals surface area (Å²) in [5.74, 6) is 0. The van der Waals surface area contributed by atoms with E-state index in [-0.39, 0.29) is 6.04 Å². The molecule has 0 bridgehead atoms. The molecule has 2 unspecified atom stereocenters. The summed E-state index contributed by atoms with van der Waals surface area (Å²) in [6.45, 7) is 9.92. The third-order valence-corrected chi connectivity index (χ3v) is 4.15. The first-order chi connectivity index (χ1) is 8.94. The Morgan fingerprint density at radius 1 is 1.42 bits per heavy atom. The number of rotatable bonds is 3. The minimum Gasteiger partial charge on any atom is -0.357 e. The van der Waals surface area contributed by atoms with Crippen molar-refractivity contribution in [3.63, 3.8) is 0 Å². The van der Waals surface area contributed by atoms with Crippen LogP contribution in [0, 0.1) is 5.41 Å². The zero-order valence-electron chi connectivity index (χ0n) is 12.2. The van der Waals surface area contributed by atoms with Crippen LogP contribution in [0.4, 0.5) is 0 Å². The predicted octanol–water partition coefficient (Wildman–Crippen LogP) is 3.64. The van der Waals surface area contributed by atoms with Crippen molar-refractivity contribution in [2.45, 2.75) is 45.4 Å². The number of hydrogen-bond donors (Lipinski definition) is 1. The minimum atomic E-state index is 0.209. The minimum absolute atomic E-state index is 0.209. The molecule has 0 fully saturated rings. The van der Waals surface area contributed by atoms with Crippen LogP contribution in [0.3, 0.4) is 0 Å². The van der Waals surface area contributed by atoms with E-state index in [2.05, 4.69) is 43.0 Å².